The highest BCUT2D eigenvalue weighted by molar-refractivity contribution is 5.78. The number of para-hydroxylation sites is 1. The molecular weight excluding hydrogens is 555 g/mol. The lowest BCUT2D eigenvalue weighted by atomic mass is 10.0. The molecular formula is C30H33FN8O4. The number of halogens is 1. The summed E-state index contributed by atoms with van der Waals surface area (Å²) >= 11 is 0. The second kappa shape index (κ2) is 12.9. The lowest BCUT2D eigenvalue weighted by Gasteiger charge is -2.19. The van der Waals surface area contributed by atoms with Crippen LogP contribution in [0.3, 0.4) is 0 Å². The van der Waals surface area contributed by atoms with Crippen LogP contribution in [0.15, 0.2) is 65.3 Å². The zero-order chi connectivity index (χ0) is 29.8. The van der Waals surface area contributed by atoms with E-state index in [9.17, 15) is 4.39 Å². The molecule has 2 atom stereocenters. The minimum Gasteiger partial charge on any atom is -0.423 e. The SMILES string of the molecule is COCCN1C[C@@H](NCOCNc2c(C)c(-c3cnc4oc(C)nc4c3)nn2-c2ccccc2)[C@H](c2ccnc(F)c2)O1. The molecule has 0 radical (unpaired) electrons. The lowest BCUT2D eigenvalue weighted by molar-refractivity contribution is -0.154. The van der Waals surface area contributed by atoms with E-state index in [1.165, 1.54) is 12.3 Å². The third-order valence-corrected chi connectivity index (χ3v) is 7.19. The third kappa shape index (κ3) is 6.40. The Labute approximate surface area is 247 Å². The Morgan fingerprint density at radius 1 is 1.09 bits per heavy atom. The van der Waals surface area contributed by atoms with Gasteiger partial charge in [-0.3, -0.25) is 10.2 Å². The predicted molar refractivity (Wildman–Crippen MR) is 157 cm³/mol. The van der Waals surface area contributed by atoms with Gasteiger partial charge in [-0.1, -0.05) is 18.2 Å². The van der Waals surface area contributed by atoms with E-state index in [2.05, 4.69) is 25.6 Å². The third-order valence-electron chi connectivity index (χ3n) is 7.19. The highest BCUT2D eigenvalue weighted by Crippen LogP contribution is 2.32. The van der Waals surface area contributed by atoms with E-state index in [0.717, 1.165) is 28.3 Å². The van der Waals surface area contributed by atoms with Crippen molar-refractivity contribution in [1.82, 2.24) is 35.1 Å². The Hall–Kier alpha value is -4.27. The smallest absolute Gasteiger partial charge is 0.246 e. The van der Waals surface area contributed by atoms with E-state index < -0.39 is 12.1 Å². The van der Waals surface area contributed by atoms with Crippen molar-refractivity contribution in [2.75, 3.05) is 45.6 Å². The Morgan fingerprint density at radius 3 is 2.77 bits per heavy atom. The number of nitrogens with one attached hydrogen (secondary N) is 2. The molecule has 224 valence electrons. The summed E-state index contributed by atoms with van der Waals surface area (Å²) in [5.74, 6) is 0.801. The molecule has 6 rings (SSSR count). The summed E-state index contributed by atoms with van der Waals surface area (Å²) in [5.41, 5.74) is 5.30. The topological polar surface area (TPSA) is 125 Å². The van der Waals surface area contributed by atoms with E-state index in [-0.39, 0.29) is 19.5 Å². The number of ether oxygens (including phenoxy) is 2. The van der Waals surface area contributed by atoms with E-state index in [0.29, 0.717) is 42.4 Å². The quantitative estimate of drug-likeness (QED) is 0.124. The van der Waals surface area contributed by atoms with E-state index in [1.54, 1.807) is 26.3 Å². The fourth-order valence-electron chi connectivity index (χ4n) is 5.12. The normalized spacial score (nSPS) is 17.2. The molecule has 1 saturated heterocycles. The number of hydrogen-bond acceptors (Lipinski definition) is 11. The average Bonchev–Trinajstić information content (AvgIpc) is 3.70. The van der Waals surface area contributed by atoms with Crippen LogP contribution in [0.1, 0.15) is 23.1 Å². The number of benzene rings is 1. The van der Waals surface area contributed by atoms with Gasteiger partial charge in [-0.15, -0.1) is 0 Å². The zero-order valence-electron chi connectivity index (χ0n) is 24.2. The van der Waals surface area contributed by atoms with Crippen LogP contribution in [-0.4, -0.2) is 76.1 Å². The van der Waals surface area contributed by atoms with Gasteiger partial charge in [0.15, 0.2) is 5.89 Å². The number of oxazole rings is 1. The molecule has 5 heterocycles. The molecule has 0 bridgehead atoms. The zero-order valence-corrected chi connectivity index (χ0v) is 24.2. The molecule has 13 heteroatoms. The van der Waals surface area contributed by atoms with Gasteiger partial charge in [-0.25, -0.2) is 19.6 Å². The number of rotatable bonds is 12. The van der Waals surface area contributed by atoms with Gasteiger partial charge < -0.3 is 19.2 Å². The van der Waals surface area contributed by atoms with Crippen molar-refractivity contribution in [2.24, 2.45) is 0 Å². The van der Waals surface area contributed by atoms with Crippen molar-refractivity contribution in [2.45, 2.75) is 26.0 Å². The Balaban J connectivity index is 1.15. The number of hydrogen-bond donors (Lipinski definition) is 2. The number of nitrogens with zero attached hydrogens (tertiary/aromatic N) is 6. The van der Waals surface area contributed by atoms with Gasteiger partial charge in [0.1, 0.15) is 24.2 Å². The van der Waals surface area contributed by atoms with Crippen molar-refractivity contribution < 1.29 is 23.1 Å². The molecule has 5 aromatic rings. The number of aryl methyl sites for hydroxylation is 1. The summed E-state index contributed by atoms with van der Waals surface area (Å²) in [6, 6.07) is 14.8. The standard InChI is InChI=1S/C30H33FN8O4/c1-19-27(22-13-24-30(33-15-22)42-20(2)36-24)37-39(23-7-5-4-6-8-23)29(19)35-18-41-17-34-25-16-38(11-12-40-3)43-28(25)21-9-10-32-26(31)14-21/h4-10,13-15,25,28,34-35H,11-12,16-18H2,1-3H3/t25-,28+/m1/s1. The van der Waals surface area contributed by atoms with Crippen LogP contribution in [0.5, 0.6) is 0 Å². The molecule has 0 amide bonds. The van der Waals surface area contributed by atoms with Gasteiger partial charge in [0.05, 0.1) is 30.8 Å². The molecule has 12 nitrogen and oxygen atoms in total. The Bertz CT molecular complexity index is 1680. The highest BCUT2D eigenvalue weighted by Gasteiger charge is 2.35. The maximum atomic E-state index is 13.9. The number of aromatic nitrogens is 5. The van der Waals surface area contributed by atoms with Crippen molar-refractivity contribution in [3.8, 4) is 16.9 Å². The molecule has 0 aliphatic carbocycles. The molecule has 0 unspecified atom stereocenters. The second-order valence-corrected chi connectivity index (χ2v) is 10.1. The molecule has 0 spiro atoms. The van der Waals surface area contributed by atoms with Crippen molar-refractivity contribution in [1.29, 1.82) is 0 Å². The summed E-state index contributed by atoms with van der Waals surface area (Å²) in [6.45, 7) is 5.94. The number of fused-ring (bicyclic) bond motifs is 1. The predicted octanol–water partition coefficient (Wildman–Crippen LogP) is 4.16. The van der Waals surface area contributed by atoms with Crippen LogP contribution in [0, 0.1) is 19.8 Å². The van der Waals surface area contributed by atoms with E-state index >= 15 is 0 Å². The van der Waals surface area contributed by atoms with Crippen LogP contribution in [0.2, 0.25) is 0 Å². The van der Waals surface area contributed by atoms with Crippen LogP contribution in [-0.2, 0) is 14.3 Å². The average molecular weight is 589 g/mol. The maximum Gasteiger partial charge on any atom is 0.246 e. The maximum absolute atomic E-state index is 13.9. The lowest BCUT2D eigenvalue weighted by Crippen LogP contribution is -2.37. The fraction of sp³-hybridized carbons (Fsp3) is 0.333. The van der Waals surface area contributed by atoms with E-state index in [4.69, 9.17) is 23.8 Å². The van der Waals surface area contributed by atoms with Gasteiger partial charge in [0, 0.05) is 50.6 Å². The Kier molecular flexibility index (Phi) is 8.67. The number of methoxy groups -OCH3 is 1. The van der Waals surface area contributed by atoms with Crippen molar-refractivity contribution >= 4 is 17.0 Å². The number of anilines is 1. The number of pyridine rings is 2. The molecule has 43 heavy (non-hydrogen) atoms. The van der Waals surface area contributed by atoms with Gasteiger partial charge in [0.2, 0.25) is 11.7 Å². The van der Waals surface area contributed by atoms with Gasteiger partial charge >= 0.3 is 0 Å². The van der Waals surface area contributed by atoms with E-state index in [1.807, 2.05) is 53.1 Å². The molecule has 4 aromatic heterocycles. The van der Waals surface area contributed by atoms with Crippen LogP contribution in [0.4, 0.5) is 10.2 Å². The number of hydroxylamine groups is 2. The van der Waals surface area contributed by atoms with Crippen LogP contribution >= 0.6 is 0 Å². The van der Waals surface area contributed by atoms with Gasteiger partial charge in [0.25, 0.3) is 0 Å². The fourth-order valence-corrected chi connectivity index (χ4v) is 5.12. The summed E-state index contributed by atoms with van der Waals surface area (Å²) < 4.78 is 32.4. The first kappa shape index (κ1) is 28.8. The second-order valence-electron chi connectivity index (χ2n) is 10.1. The highest BCUT2D eigenvalue weighted by atomic mass is 19.1. The van der Waals surface area contributed by atoms with Crippen LogP contribution < -0.4 is 10.6 Å². The molecule has 0 saturated carbocycles. The van der Waals surface area contributed by atoms with Crippen LogP contribution in [0.25, 0.3) is 28.2 Å². The first-order valence-electron chi connectivity index (χ1n) is 14.0. The largest absolute Gasteiger partial charge is 0.423 e. The van der Waals surface area contributed by atoms with Crippen molar-refractivity contribution in [3.63, 3.8) is 0 Å². The molecule has 1 fully saturated rings. The first-order valence-corrected chi connectivity index (χ1v) is 14.0. The summed E-state index contributed by atoms with van der Waals surface area (Å²) in [4.78, 5) is 18.6. The minimum atomic E-state index is -0.549. The molecule has 2 N–H and O–H groups in total. The molecule has 1 aromatic carbocycles. The summed E-state index contributed by atoms with van der Waals surface area (Å²) in [7, 11) is 1.64. The first-order chi connectivity index (χ1) is 21.0. The van der Waals surface area contributed by atoms with Gasteiger partial charge in [-0.05, 0) is 42.8 Å². The van der Waals surface area contributed by atoms with Gasteiger partial charge in [-0.2, -0.15) is 14.6 Å². The minimum absolute atomic E-state index is 0.135. The summed E-state index contributed by atoms with van der Waals surface area (Å²) in [5, 5.41) is 13.5. The molecule has 1 aliphatic heterocycles. The Morgan fingerprint density at radius 2 is 1.95 bits per heavy atom. The monoisotopic (exact) mass is 588 g/mol. The van der Waals surface area contributed by atoms with Crippen molar-refractivity contribution in [3.05, 3.63) is 83.9 Å². The summed E-state index contributed by atoms with van der Waals surface area (Å²) in [6.07, 6.45) is 2.79. The molecule has 1 aliphatic rings.